The highest BCUT2D eigenvalue weighted by atomic mass is 35.5. The van der Waals surface area contributed by atoms with E-state index in [9.17, 15) is 20.1 Å². The third kappa shape index (κ3) is 4.38. The molecule has 0 unspecified atom stereocenters. The summed E-state index contributed by atoms with van der Waals surface area (Å²) < 4.78 is 0. The summed E-state index contributed by atoms with van der Waals surface area (Å²) >= 11 is 13.1. The fourth-order valence-corrected chi connectivity index (χ4v) is 4.17. The van der Waals surface area contributed by atoms with Gasteiger partial charge in [0.05, 0.1) is 21.0 Å². The van der Waals surface area contributed by atoms with Gasteiger partial charge in [0.15, 0.2) is 5.57 Å². The summed E-state index contributed by atoms with van der Waals surface area (Å²) in [5.74, 6) is -0.932. The topological polar surface area (TPSA) is 97.0 Å². The molecule has 0 spiro atoms. The van der Waals surface area contributed by atoms with Crippen LogP contribution in [0.15, 0.2) is 59.1 Å². The van der Waals surface area contributed by atoms with Gasteiger partial charge in [0, 0.05) is 12.1 Å². The van der Waals surface area contributed by atoms with Crippen molar-refractivity contribution in [2.45, 2.75) is 11.7 Å². The van der Waals surface area contributed by atoms with E-state index in [1.54, 1.807) is 36.4 Å². The number of thioether (sulfide) groups is 1. The number of para-hydroxylation sites is 1. The van der Waals surface area contributed by atoms with Gasteiger partial charge < -0.3 is 5.32 Å². The molecular formula is C20H12Cl2N4O2S. The number of imide groups is 1. The molecule has 6 nitrogen and oxygen atoms in total. The molecule has 144 valence electrons. The lowest BCUT2D eigenvalue weighted by atomic mass is 10.3. The highest BCUT2D eigenvalue weighted by Crippen LogP contribution is 2.39. The molecule has 1 aliphatic heterocycles. The molecule has 1 aliphatic rings. The number of nitrogens with one attached hydrogen (secondary N) is 1. The number of allylic oxidation sites excluding steroid dienone is 1. The molecule has 0 radical (unpaired) electrons. The van der Waals surface area contributed by atoms with Gasteiger partial charge >= 0.3 is 0 Å². The molecule has 1 heterocycles. The van der Waals surface area contributed by atoms with Gasteiger partial charge in [0.25, 0.3) is 0 Å². The van der Waals surface area contributed by atoms with Crippen LogP contribution in [0.5, 0.6) is 0 Å². The number of anilines is 2. The van der Waals surface area contributed by atoms with Crippen molar-refractivity contribution in [3.05, 3.63) is 69.2 Å². The minimum atomic E-state index is -0.819. The van der Waals surface area contributed by atoms with E-state index in [2.05, 4.69) is 5.32 Å². The van der Waals surface area contributed by atoms with Crippen LogP contribution in [0.4, 0.5) is 11.4 Å². The van der Waals surface area contributed by atoms with Crippen LogP contribution in [-0.4, -0.2) is 17.1 Å². The summed E-state index contributed by atoms with van der Waals surface area (Å²) in [5, 5.41) is 21.3. The van der Waals surface area contributed by atoms with Crippen LogP contribution in [0.2, 0.25) is 10.0 Å². The van der Waals surface area contributed by atoms with Gasteiger partial charge in [-0.1, -0.05) is 59.2 Å². The first kappa shape index (κ1) is 20.8. The van der Waals surface area contributed by atoms with Crippen LogP contribution < -0.4 is 10.2 Å². The molecule has 3 rings (SSSR count). The summed E-state index contributed by atoms with van der Waals surface area (Å²) in [6, 6.07) is 17.2. The van der Waals surface area contributed by atoms with Gasteiger partial charge in [0.2, 0.25) is 11.8 Å². The Morgan fingerprint density at radius 1 is 1.07 bits per heavy atom. The van der Waals surface area contributed by atoms with Crippen LogP contribution in [-0.2, 0) is 9.59 Å². The molecular weight excluding hydrogens is 431 g/mol. The van der Waals surface area contributed by atoms with E-state index in [-0.39, 0.29) is 32.8 Å². The summed E-state index contributed by atoms with van der Waals surface area (Å²) in [4.78, 5) is 26.5. The second-order valence-corrected chi connectivity index (χ2v) is 7.87. The Labute approximate surface area is 181 Å². The average molecular weight is 443 g/mol. The predicted molar refractivity (Wildman–Crippen MR) is 113 cm³/mol. The number of carbonyl (C=O) groups excluding carboxylic acids is 2. The van der Waals surface area contributed by atoms with Crippen LogP contribution in [0.3, 0.4) is 0 Å². The summed E-state index contributed by atoms with van der Waals surface area (Å²) in [6.45, 7) is 0. The number of hydrogen-bond acceptors (Lipinski definition) is 6. The lowest BCUT2D eigenvalue weighted by Crippen LogP contribution is -2.31. The molecule has 1 atom stereocenters. The number of nitriles is 2. The quantitative estimate of drug-likeness (QED) is 0.530. The van der Waals surface area contributed by atoms with Gasteiger partial charge in [-0.05, 0) is 24.3 Å². The number of nitrogens with zero attached hydrogens (tertiary/aromatic N) is 3. The standard InChI is InChI=1S/C20H12Cl2N4O2S/c21-14-7-4-8-15(18(14)22)26-17(27)9-16(20(26)28)29-19(12(10-23)11-24)25-13-5-2-1-3-6-13/h1-8,16,25H,9H2/t16-/m1/s1. The number of amides is 2. The lowest BCUT2D eigenvalue weighted by Gasteiger charge is -2.18. The molecule has 2 amide bonds. The van der Waals surface area contributed by atoms with Crippen molar-refractivity contribution in [2.24, 2.45) is 0 Å². The molecule has 0 aromatic heterocycles. The van der Waals surface area contributed by atoms with Crippen molar-refractivity contribution in [1.29, 1.82) is 10.5 Å². The van der Waals surface area contributed by atoms with E-state index in [1.165, 1.54) is 6.07 Å². The van der Waals surface area contributed by atoms with Crippen molar-refractivity contribution < 1.29 is 9.59 Å². The Morgan fingerprint density at radius 3 is 2.41 bits per heavy atom. The molecule has 1 N–H and O–H groups in total. The Hall–Kier alpha value is -2.97. The zero-order valence-corrected chi connectivity index (χ0v) is 17.1. The van der Waals surface area contributed by atoms with Crippen molar-refractivity contribution in [2.75, 3.05) is 10.2 Å². The minimum absolute atomic E-state index is 0.101. The van der Waals surface area contributed by atoms with E-state index < -0.39 is 17.1 Å². The lowest BCUT2D eigenvalue weighted by molar-refractivity contribution is -0.121. The van der Waals surface area contributed by atoms with Gasteiger partial charge in [-0.2, -0.15) is 10.5 Å². The van der Waals surface area contributed by atoms with Crippen LogP contribution >= 0.6 is 35.0 Å². The zero-order valence-electron chi connectivity index (χ0n) is 14.7. The van der Waals surface area contributed by atoms with Crippen LogP contribution in [0.1, 0.15) is 6.42 Å². The normalized spacial score (nSPS) is 15.6. The van der Waals surface area contributed by atoms with Gasteiger partial charge in [-0.15, -0.1) is 0 Å². The Morgan fingerprint density at radius 2 is 1.76 bits per heavy atom. The maximum Gasteiger partial charge on any atom is 0.247 e. The third-order valence-electron chi connectivity index (χ3n) is 4.02. The highest BCUT2D eigenvalue weighted by Gasteiger charge is 2.41. The fraction of sp³-hybridized carbons (Fsp3) is 0.100. The minimum Gasteiger partial charge on any atom is -0.349 e. The molecule has 1 fully saturated rings. The second kappa shape index (κ2) is 9.02. The van der Waals surface area contributed by atoms with Gasteiger partial charge in [-0.25, -0.2) is 4.90 Å². The molecule has 2 aromatic carbocycles. The summed E-state index contributed by atoms with van der Waals surface area (Å²) in [5.41, 5.74) is 0.669. The highest BCUT2D eigenvalue weighted by molar-refractivity contribution is 8.04. The molecule has 9 heteroatoms. The van der Waals surface area contributed by atoms with E-state index in [1.807, 2.05) is 18.2 Å². The largest absolute Gasteiger partial charge is 0.349 e. The predicted octanol–water partition coefficient (Wildman–Crippen LogP) is 4.73. The summed E-state index contributed by atoms with van der Waals surface area (Å²) in [6.07, 6.45) is -0.101. The SMILES string of the molecule is N#CC(C#N)=C(Nc1ccccc1)S[C@@H]1CC(=O)N(c2cccc(Cl)c2Cl)C1=O. The number of halogens is 2. The average Bonchev–Trinajstić information content (AvgIpc) is 2.99. The zero-order chi connectivity index (χ0) is 21.0. The van der Waals surface area contributed by atoms with Crippen LogP contribution in [0.25, 0.3) is 0 Å². The second-order valence-electron chi connectivity index (χ2n) is 5.87. The number of hydrogen-bond donors (Lipinski definition) is 1. The van der Waals surface area contributed by atoms with Gasteiger partial charge in [0.1, 0.15) is 17.2 Å². The van der Waals surface area contributed by atoms with E-state index in [0.717, 1.165) is 16.7 Å². The van der Waals surface area contributed by atoms with Crippen LogP contribution in [0, 0.1) is 22.7 Å². The molecule has 0 saturated carbocycles. The molecule has 0 aliphatic carbocycles. The molecule has 29 heavy (non-hydrogen) atoms. The number of carbonyl (C=O) groups is 2. The third-order valence-corrected chi connectivity index (χ3v) is 6.02. The number of rotatable bonds is 5. The summed E-state index contributed by atoms with van der Waals surface area (Å²) in [7, 11) is 0. The van der Waals surface area contributed by atoms with E-state index in [4.69, 9.17) is 23.2 Å². The van der Waals surface area contributed by atoms with Crippen molar-refractivity contribution >= 4 is 58.2 Å². The first-order valence-corrected chi connectivity index (χ1v) is 9.93. The fourth-order valence-electron chi connectivity index (χ4n) is 2.69. The molecule has 2 aromatic rings. The Balaban J connectivity index is 1.90. The first-order valence-electron chi connectivity index (χ1n) is 8.30. The van der Waals surface area contributed by atoms with E-state index >= 15 is 0 Å². The Kier molecular flexibility index (Phi) is 6.46. The van der Waals surface area contributed by atoms with Crippen molar-refractivity contribution in [3.8, 4) is 12.1 Å². The Bertz CT molecular complexity index is 1070. The van der Waals surface area contributed by atoms with Crippen molar-refractivity contribution in [1.82, 2.24) is 0 Å². The molecule has 1 saturated heterocycles. The maximum atomic E-state index is 12.9. The first-order chi connectivity index (χ1) is 14.0. The maximum absolute atomic E-state index is 12.9. The number of benzene rings is 2. The van der Waals surface area contributed by atoms with Gasteiger partial charge in [-0.3, -0.25) is 9.59 Å². The smallest absolute Gasteiger partial charge is 0.247 e. The monoisotopic (exact) mass is 442 g/mol. The van der Waals surface area contributed by atoms with Crippen molar-refractivity contribution in [3.63, 3.8) is 0 Å². The molecule has 0 bridgehead atoms. The van der Waals surface area contributed by atoms with E-state index in [0.29, 0.717) is 5.69 Å².